The Balaban J connectivity index is 1.44. The molecule has 8 nitrogen and oxygen atoms in total. The van der Waals surface area contributed by atoms with Gasteiger partial charge in [-0.2, -0.15) is 5.10 Å². The van der Waals surface area contributed by atoms with E-state index in [-0.39, 0.29) is 17.7 Å². The van der Waals surface area contributed by atoms with Crippen molar-refractivity contribution in [3.05, 3.63) is 59.7 Å². The number of pyridine rings is 2. The molecule has 1 aliphatic carbocycles. The van der Waals surface area contributed by atoms with Gasteiger partial charge in [-0.05, 0) is 57.0 Å². The number of carbonyl (C=O) groups excluding carboxylic acids is 2. The van der Waals surface area contributed by atoms with Gasteiger partial charge in [0.15, 0.2) is 5.82 Å². The predicted molar refractivity (Wildman–Crippen MR) is 104 cm³/mol. The Morgan fingerprint density at radius 3 is 2.54 bits per heavy atom. The summed E-state index contributed by atoms with van der Waals surface area (Å²) in [5.41, 5.74) is 2.87. The highest BCUT2D eigenvalue weighted by atomic mass is 16.2. The Hall–Kier alpha value is -3.55. The molecular weight excluding hydrogens is 356 g/mol. The first kappa shape index (κ1) is 17.8. The number of aryl methyl sites for hydroxylation is 2. The molecule has 8 heteroatoms. The molecule has 3 aromatic heterocycles. The summed E-state index contributed by atoms with van der Waals surface area (Å²) >= 11 is 0. The number of aromatic nitrogens is 4. The standard InChI is InChI=1S/C20H20N6O2/c1-12-9-13(2)26(25-12)18-6-5-16(11-22-18)23-20(28)15-7-8-21-17(10-15)24-19(27)14-3-4-14/h5-11,14H,3-4H2,1-2H3,(H,23,28)(H,21,24,27). The molecule has 4 rings (SSSR count). The molecule has 0 bridgehead atoms. The summed E-state index contributed by atoms with van der Waals surface area (Å²) in [6, 6.07) is 8.70. The molecule has 3 heterocycles. The molecule has 0 saturated heterocycles. The van der Waals surface area contributed by atoms with E-state index in [0.717, 1.165) is 24.2 Å². The van der Waals surface area contributed by atoms with Gasteiger partial charge in [-0.15, -0.1) is 0 Å². The molecule has 2 amide bonds. The van der Waals surface area contributed by atoms with E-state index in [1.165, 1.54) is 6.20 Å². The van der Waals surface area contributed by atoms with Crippen molar-refractivity contribution < 1.29 is 9.59 Å². The average molecular weight is 376 g/mol. The topological polar surface area (TPSA) is 102 Å². The third kappa shape index (κ3) is 3.90. The lowest BCUT2D eigenvalue weighted by molar-refractivity contribution is -0.117. The quantitative estimate of drug-likeness (QED) is 0.713. The fourth-order valence-corrected chi connectivity index (χ4v) is 2.86. The van der Waals surface area contributed by atoms with Crippen molar-refractivity contribution in [2.24, 2.45) is 5.92 Å². The zero-order valence-electron chi connectivity index (χ0n) is 15.6. The zero-order chi connectivity index (χ0) is 19.7. The monoisotopic (exact) mass is 376 g/mol. The van der Waals surface area contributed by atoms with Crippen LogP contribution in [0.3, 0.4) is 0 Å². The Kier molecular flexibility index (Phi) is 4.60. The Bertz CT molecular complexity index is 1040. The lowest BCUT2D eigenvalue weighted by Crippen LogP contribution is -2.16. The van der Waals surface area contributed by atoms with E-state index in [1.54, 1.807) is 35.1 Å². The highest BCUT2D eigenvalue weighted by Gasteiger charge is 2.29. The minimum absolute atomic E-state index is 0.0472. The van der Waals surface area contributed by atoms with Gasteiger partial charge in [0.25, 0.3) is 5.91 Å². The maximum atomic E-state index is 12.5. The summed E-state index contributed by atoms with van der Waals surface area (Å²) in [5, 5.41) is 9.94. The minimum Gasteiger partial charge on any atom is -0.321 e. The van der Waals surface area contributed by atoms with E-state index < -0.39 is 0 Å². The summed E-state index contributed by atoms with van der Waals surface area (Å²) in [4.78, 5) is 32.8. The van der Waals surface area contributed by atoms with Crippen LogP contribution in [0.4, 0.5) is 11.5 Å². The first-order chi connectivity index (χ1) is 13.5. The van der Waals surface area contributed by atoms with Crippen LogP contribution in [0.1, 0.15) is 34.6 Å². The van der Waals surface area contributed by atoms with E-state index in [0.29, 0.717) is 22.9 Å². The second-order valence-corrected chi connectivity index (χ2v) is 6.89. The zero-order valence-corrected chi connectivity index (χ0v) is 15.6. The van der Waals surface area contributed by atoms with Gasteiger partial charge in [-0.1, -0.05) is 0 Å². The maximum Gasteiger partial charge on any atom is 0.255 e. The Labute approximate surface area is 162 Å². The Morgan fingerprint density at radius 1 is 1.07 bits per heavy atom. The van der Waals surface area contributed by atoms with Gasteiger partial charge in [-0.3, -0.25) is 9.59 Å². The van der Waals surface area contributed by atoms with E-state index in [1.807, 2.05) is 19.9 Å². The largest absolute Gasteiger partial charge is 0.321 e. The first-order valence-electron chi connectivity index (χ1n) is 9.07. The van der Waals surface area contributed by atoms with Crippen LogP contribution in [0.5, 0.6) is 0 Å². The third-order valence-electron chi connectivity index (χ3n) is 4.45. The van der Waals surface area contributed by atoms with Gasteiger partial charge in [0.1, 0.15) is 5.82 Å². The van der Waals surface area contributed by atoms with Crippen molar-refractivity contribution in [2.45, 2.75) is 26.7 Å². The molecule has 0 unspecified atom stereocenters. The lowest BCUT2D eigenvalue weighted by Gasteiger charge is -2.08. The first-order valence-corrected chi connectivity index (χ1v) is 9.07. The molecule has 1 saturated carbocycles. The summed E-state index contributed by atoms with van der Waals surface area (Å²) in [6.45, 7) is 3.88. The summed E-state index contributed by atoms with van der Waals surface area (Å²) in [5.74, 6) is 0.783. The van der Waals surface area contributed by atoms with Crippen molar-refractivity contribution in [2.75, 3.05) is 10.6 Å². The highest BCUT2D eigenvalue weighted by Crippen LogP contribution is 2.30. The van der Waals surface area contributed by atoms with Crippen LogP contribution in [-0.2, 0) is 4.79 Å². The second kappa shape index (κ2) is 7.22. The molecule has 0 radical (unpaired) electrons. The SMILES string of the molecule is Cc1cc(C)n(-c2ccc(NC(=O)c3ccnc(NC(=O)C4CC4)c3)cn2)n1. The molecule has 0 aromatic carbocycles. The normalized spacial score (nSPS) is 13.2. The van der Waals surface area contributed by atoms with E-state index >= 15 is 0 Å². The van der Waals surface area contributed by atoms with Crippen LogP contribution in [0.25, 0.3) is 5.82 Å². The van der Waals surface area contributed by atoms with E-state index in [9.17, 15) is 9.59 Å². The Morgan fingerprint density at radius 2 is 1.89 bits per heavy atom. The van der Waals surface area contributed by atoms with Gasteiger partial charge in [0.2, 0.25) is 5.91 Å². The molecule has 3 aromatic rings. The molecule has 0 spiro atoms. The molecule has 0 aliphatic heterocycles. The van der Waals surface area contributed by atoms with Crippen LogP contribution >= 0.6 is 0 Å². The second-order valence-electron chi connectivity index (χ2n) is 6.89. The van der Waals surface area contributed by atoms with Gasteiger partial charge < -0.3 is 10.6 Å². The molecule has 28 heavy (non-hydrogen) atoms. The third-order valence-corrected chi connectivity index (χ3v) is 4.45. The summed E-state index contributed by atoms with van der Waals surface area (Å²) in [6.07, 6.45) is 4.90. The molecule has 2 N–H and O–H groups in total. The summed E-state index contributed by atoms with van der Waals surface area (Å²) < 4.78 is 1.75. The fraction of sp³-hybridized carbons (Fsp3) is 0.250. The number of nitrogens with zero attached hydrogens (tertiary/aromatic N) is 4. The number of amides is 2. The number of nitrogens with one attached hydrogen (secondary N) is 2. The van der Waals surface area contributed by atoms with Crippen LogP contribution in [-0.4, -0.2) is 31.6 Å². The van der Waals surface area contributed by atoms with Crippen molar-refractivity contribution in [1.29, 1.82) is 0 Å². The summed E-state index contributed by atoms with van der Waals surface area (Å²) in [7, 11) is 0. The van der Waals surface area contributed by atoms with Crippen molar-refractivity contribution in [3.8, 4) is 5.82 Å². The van der Waals surface area contributed by atoms with Crippen LogP contribution in [0, 0.1) is 19.8 Å². The predicted octanol–water partition coefficient (Wildman–Crippen LogP) is 2.88. The van der Waals surface area contributed by atoms with Gasteiger partial charge >= 0.3 is 0 Å². The molecular formula is C20H20N6O2. The number of hydrogen-bond acceptors (Lipinski definition) is 5. The maximum absolute atomic E-state index is 12.5. The van der Waals surface area contributed by atoms with Crippen molar-refractivity contribution in [1.82, 2.24) is 19.7 Å². The fourth-order valence-electron chi connectivity index (χ4n) is 2.86. The molecule has 142 valence electrons. The smallest absolute Gasteiger partial charge is 0.255 e. The van der Waals surface area contributed by atoms with E-state index in [2.05, 4.69) is 25.7 Å². The van der Waals surface area contributed by atoms with Gasteiger partial charge in [0, 0.05) is 23.4 Å². The number of carbonyl (C=O) groups is 2. The van der Waals surface area contributed by atoms with Gasteiger partial charge in [0.05, 0.1) is 17.6 Å². The lowest BCUT2D eigenvalue weighted by atomic mass is 10.2. The van der Waals surface area contributed by atoms with Crippen LogP contribution in [0.15, 0.2) is 42.7 Å². The van der Waals surface area contributed by atoms with Crippen molar-refractivity contribution in [3.63, 3.8) is 0 Å². The minimum atomic E-state index is -0.301. The van der Waals surface area contributed by atoms with Crippen molar-refractivity contribution >= 4 is 23.3 Å². The van der Waals surface area contributed by atoms with Crippen LogP contribution < -0.4 is 10.6 Å². The highest BCUT2D eigenvalue weighted by molar-refractivity contribution is 6.05. The molecule has 1 fully saturated rings. The number of rotatable bonds is 5. The number of anilines is 2. The average Bonchev–Trinajstić information content (AvgIpc) is 3.47. The van der Waals surface area contributed by atoms with Crippen LogP contribution in [0.2, 0.25) is 0 Å². The van der Waals surface area contributed by atoms with Gasteiger partial charge in [-0.25, -0.2) is 14.6 Å². The van der Waals surface area contributed by atoms with E-state index in [4.69, 9.17) is 0 Å². The molecule has 1 aliphatic rings. The molecule has 0 atom stereocenters. The number of hydrogen-bond donors (Lipinski definition) is 2.